The molecule has 114 valence electrons. The van der Waals surface area contributed by atoms with E-state index in [1.54, 1.807) is 6.92 Å². The Morgan fingerprint density at radius 2 is 2.00 bits per heavy atom. The van der Waals surface area contributed by atoms with E-state index >= 15 is 0 Å². The van der Waals surface area contributed by atoms with Crippen molar-refractivity contribution in [3.05, 3.63) is 0 Å². The molecule has 0 aromatic heterocycles. The normalized spacial score (nSPS) is 13.2. The molecule has 0 aromatic rings. The molecule has 0 aliphatic rings. The summed E-state index contributed by atoms with van der Waals surface area (Å²) >= 11 is 0. The highest BCUT2D eigenvalue weighted by molar-refractivity contribution is 7.89. The second kappa shape index (κ2) is 10.2. The summed E-state index contributed by atoms with van der Waals surface area (Å²) in [4.78, 5) is 11.1. The first-order chi connectivity index (χ1) is 8.95. The second-order valence-electron chi connectivity index (χ2n) is 4.39. The summed E-state index contributed by atoms with van der Waals surface area (Å²) in [6, 6.07) is 0. The van der Waals surface area contributed by atoms with Gasteiger partial charge in [0.2, 0.25) is 10.0 Å². The zero-order valence-corrected chi connectivity index (χ0v) is 12.5. The van der Waals surface area contributed by atoms with Gasteiger partial charge in [-0.15, -0.1) is 0 Å². The fraction of sp³-hybridized carbons (Fsp3) is 0.917. The Balaban J connectivity index is 4.10. The van der Waals surface area contributed by atoms with E-state index in [9.17, 15) is 13.2 Å². The quantitative estimate of drug-likeness (QED) is 0.546. The third-order valence-corrected chi connectivity index (χ3v) is 4.05. The molecule has 0 aliphatic carbocycles. The number of rotatable bonds is 11. The molecule has 1 atom stereocenters. The van der Waals surface area contributed by atoms with E-state index < -0.39 is 16.0 Å². The van der Waals surface area contributed by atoms with Crippen molar-refractivity contribution >= 4 is 16.0 Å². The average molecular weight is 295 g/mol. The smallest absolute Gasteiger partial charge is 0.306 e. The van der Waals surface area contributed by atoms with Gasteiger partial charge in [-0.2, -0.15) is 0 Å². The van der Waals surface area contributed by atoms with Crippen LogP contribution in [0.3, 0.4) is 0 Å². The predicted molar refractivity (Wildman–Crippen MR) is 73.1 cm³/mol. The molecule has 6 nitrogen and oxygen atoms in total. The van der Waals surface area contributed by atoms with Gasteiger partial charge >= 0.3 is 5.97 Å². The maximum absolute atomic E-state index is 11.7. The van der Waals surface area contributed by atoms with Gasteiger partial charge in [0.15, 0.2) is 0 Å². The highest BCUT2D eigenvalue weighted by atomic mass is 32.2. The van der Waals surface area contributed by atoms with Crippen molar-refractivity contribution in [2.75, 3.05) is 25.5 Å². The minimum absolute atomic E-state index is 0.0508. The number of carbonyl (C=O) groups excluding carboxylic acids is 1. The van der Waals surface area contributed by atoms with Gasteiger partial charge in [-0.1, -0.05) is 13.3 Å². The number of hydrogen-bond donors (Lipinski definition) is 2. The lowest BCUT2D eigenvalue weighted by Gasteiger charge is -2.15. The Morgan fingerprint density at radius 3 is 2.53 bits per heavy atom. The highest BCUT2D eigenvalue weighted by Gasteiger charge is 2.16. The van der Waals surface area contributed by atoms with Crippen molar-refractivity contribution in [3.63, 3.8) is 0 Å². The summed E-state index contributed by atoms with van der Waals surface area (Å²) in [6.45, 7) is 4.30. The number of aliphatic hydroxyl groups excluding tert-OH is 1. The summed E-state index contributed by atoms with van der Waals surface area (Å²) < 4.78 is 30.5. The molecule has 0 heterocycles. The number of esters is 1. The van der Waals surface area contributed by atoms with E-state index in [0.717, 1.165) is 12.8 Å². The van der Waals surface area contributed by atoms with Crippen molar-refractivity contribution in [1.29, 1.82) is 0 Å². The lowest BCUT2D eigenvalue weighted by atomic mass is 10.0. The number of sulfonamides is 1. The van der Waals surface area contributed by atoms with Crippen LogP contribution < -0.4 is 4.72 Å². The van der Waals surface area contributed by atoms with Crippen LogP contribution in [0.4, 0.5) is 0 Å². The largest absolute Gasteiger partial charge is 0.466 e. The van der Waals surface area contributed by atoms with Crippen LogP contribution in [-0.4, -0.2) is 45.0 Å². The molecule has 0 aromatic carbocycles. The van der Waals surface area contributed by atoms with Crippen LogP contribution in [0.15, 0.2) is 0 Å². The third-order valence-electron chi connectivity index (χ3n) is 2.71. The molecule has 2 N–H and O–H groups in total. The van der Waals surface area contributed by atoms with Gasteiger partial charge in [-0.05, 0) is 25.7 Å². The molecule has 19 heavy (non-hydrogen) atoms. The van der Waals surface area contributed by atoms with Crippen molar-refractivity contribution in [3.8, 4) is 0 Å². The maximum atomic E-state index is 11.7. The molecule has 0 saturated heterocycles. The fourth-order valence-corrected chi connectivity index (χ4v) is 2.78. The molecule has 0 radical (unpaired) electrons. The van der Waals surface area contributed by atoms with Crippen LogP contribution in [-0.2, 0) is 19.6 Å². The van der Waals surface area contributed by atoms with Crippen LogP contribution in [0.25, 0.3) is 0 Å². The SMILES string of the molecule is CCCC(CCO)CNS(=O)(=O)CCC(=O)OCC. The van der Waals surface area contributed by atoms with Crippen molar-refractivity contribution in [1.82, 2.24) is 4.72 Å². The van der Waals surface area contributed by atoms with Gasteiger partial charge in [0.1, 0.15) is 0 Å². The first-order valence-electron chi connectivity index (χ1n) is 6.69. The topological polar surface area (TPSA) is 92.7 Å². The van der Waals surface area contributed by atoms with Crippen molar-refractivity contribution in [2.24, 2.45) is 5.92 Å². The minimum atomic E-state index is -3.46. The number of ether oxygens (including phenoxy) is 1. The van der Waals surface area contributed by atoms with E-state index in [2.05, 4.69) is 9.46 Å². The van der Waals surface area contributed by atoms with E-state index in [0.29, 0.717) is 13.0 Å². The standard InChI is InChI=1S/C12H25NO5S/c1-3-5-11(6-8-14)10-13-19(16,17)9-7-12(15)18-4-2/h11,13-14H,3-10H2,1-2H3. The zero-order chi connectivity index (χ0) is 14.7. The van der Waals surface area contributed by atoms with E-state index in [1.165, 1.54) is 0 Å². The summed E-state index contributed by atoms with van der Waals surface area (Å²) in [6.07, 6.45) is 2.24. The molecule has 0 bridgehead atoms. The van der Waals surface area contributed by atoms with Crippen LogP contribution in [0.5, 0.6) is 0 Å². The number of carbonyl (C=O) groups is 1. The molecule has 0 aliphatic heterocycles. The highest BCUT2D eigenvalue weighted by Crippen LogP contribution is 2.10. The zero-order valence-electron chi connectivity index (χ0n) is 11.7. The lowest BCUT2D eigenvalue weighted by molar-refractivity contribution is -0.142. The Morgan fingerprint density at radius 1 is 1.32 bits per heavy atom. The number of nitrogens with one attached hydrogen (secondary N) is 1. The number of aliphatic hydroxyl groups is 1. The van der Waals surface area contributed by atoms with Gasteiger partial charge in [-0.25, -0.2) is 13.1 Å². The van der Waals surface area contributed by atoms with Crippen LogP contribution in [0.2, 0.25) is 0 Å². The molecule has 7 heteroatoms. The Kier molecular flexibility index (Phi) is 9.81. The summed E-state index contributed by atoms with van der Waals surface area (Å²) in [5.74, 6) is -0.634. The van der Waals surface area contributed by atoms with Gasteiger partial charge in [0.25, 0.3) is 0 Å². The molecule has 1 unspecified atom stereocenters. The van der Waals surface area contributed by atoms with Gasteiger partial charge < -0.3 is 9.84 Å². The first-order valence-corrected chi connectivity index (χ1v) is 8.34. The van der Waals surface area contributed by atoms with E-state index in [-0.39, 0.29) is 31.3 Å². The van der Waals surface area contributed by atoms with Gasteiger partial charge in [0.05, 0.1) is 18.8 Å². The molecule has 0 spiro atoms. The van der Waals surface area contributed by atoms with Gasteiger partial charge in [-0.3, -0.25) is 4.79 Å². The Labute approximate surface area is 115 Å². The Bertz CT molecular complexity index is 336. The molecule has 0 saturated carbocycles. The van der Waals surface area contributed by atoms with Crippen LogP contribution in [0.1, 0.15) is 39.5 Å². The predicted octanol–water partition coefficient (Wildman–Crippen LogP) is 0.658. The van der Waals surface area contributed by atoms with Crippen LogP contribution >= 0.6 is 0 Å². The summed E-state index contributed by atoms with van der Waals surface area (Å²) in [5.41, 5.74) is 0. The van der Waals surface area contributed by atoms with E-state index in [4.69, 9.17) is 5.11 Å². The third kappa shape index (κ3) is 9.86. The summed E-state index contributed by atoms with van der Waals surface area (Å²) in [5, 5.41) is 8.89. The molecular formula is C12H25NO5S. The van der Waals surface area contributed by atoms with Crippen LogP contribution in [0, 0.1) is 5.92 Å². The van der Waals surface area contributed by atoms with Crippen molar-refractivity contribution < 1.29 is 23.1 Å². The summed E-state index contributed by atoms with van der Waals surface area (Å²) in [7, 11) is -3.46. The molecule has 0 rings (SSSR count). The van der Waals surface area contributed by atoms with Gasteiger partial charge in [0, 0.05) is 13.2 Å². The van der Waals surface area contributed by atoms with Crippen molar-refractivity contribution in [2.45, 2.75) is 39.5 Å². The molecule has 0 fully saturated rings. The fourth-order valence-electron chi connectivity index (χ4n) is 1.71. The maximum Gasteiger partial charge on any atom is 0.306 e. The second-order valence-corrected chi connectivity index (χ2v) is 6.32. The lowest BCUT2D eigenvalue weighted by Crippen LogP contribution is -2.32. The average Bonchev–Trinajstić information content (AvgIpc) is 2.35. The van der Waals surface area contributed by atoms with E-state index in [1.807, 2.05) is 6.92 Å². The first kappa shape index (κ1) is 18.3. The Hall–Kier alpha value is -0.660. The number of hydrogen-bond acceptors (Lipinski definition) is 5. The molecule has 0 amide bonds. The minimum Gasteiger partial charge on any atom is -0.466 e. The molecular weight excluding hydrogens is 270 g/mol. The monoisotopic (exact) mass is 295 g/mol.